The van der Waals surface area contributed by atoms with Crippen LogP contribution in [0.25, 0.3) is 0 Å². The van der Waals surface area contributed by atoms with Gasteiger partial charge in [-0.15, -0.1) is 0 Å². The fourth-order valence-electron chi connectivity index (χ4n) is 3.19. The number of carbonyl (C=O) groups is 1. The van der Waals surface area contributed by atoms with Crippen molar-refractivity contribution in [1.29, 1.82) is 0 Å². The second kappa shape index (κ2) is 12.4. The van der Waals surface area contributed by atoms with Crippen LogP contribution in [0, 0.1) is 0 Å². The molecule has 0 bridgehead atoms. The second-order valence-electron chi connectivity index (χ2n) is 12.5. The zero-order valence-corrected chi connectivity index (χ0v) is 29.8. The molecule has 0 aliphatic rings. The first-order valence-electron chi connectivity index (χ1n) is 11.8. The van der Waals surface area contributed by atoms with Crippen LogP contribution in [0.2, 0.25) is 91.2 Å². The minimum Gasteiger partial charge on any atom is -0.505 e. The van der Waals surface area contributed by atoms with E-state index >= 15 is 0 Å². The molecule has 0 saturated heterocycles. The van der Waals surface area contributed by atoms with Crippen molar-refractivity contribution in [3.63, 3.8) is 0 Å². The van der Waals surface area contributed by atoms with E-state index in [1.54, 1.807) is 6.92 Å². The summed E-state index contributed by atoms with van der Waals surface area (Å²) in [5, 5.41) is 9.71. The zero-order valence-electron chi connectivity index (χ0n) is 23.6. The Labute approximate surface area is 209 Å². The minimum atomic E-state index is -3.08. The lowest BCUT2D eigenvalue weighted by Gasteiger charge is -2.38. The number of carboxylic acids is 1. The fourth-order valence-corrected chi connectivity index (χ4v) is 22.1. The quantitative estimate of drug-likeness (QED) is 0.140. The van der Waals surface area contributed by atoms with Gasteiger partial charge in [-0.25, -0.2) is 4.79 Å². The van der Waals surface area contributed by atoms with E-state index in [9.17, 15) is 9.90 Å². The summed E-state index contributed by atoms with van der Waals surface area (Å²) in [4.78, 5) is 11.9. The average Bonchev–Trinajstić information content (AvgIpc) is 2.45. The van der Waals surface area contributed by atoms with Crippen molar-refractivity contribution in [2.24, 2.45) is 0 Å². The molecular weight excluding hydrogens is 521 g/mol. The third-order valence-corrected chi connectivity index (χ3v) is 21.0. The number of hydrogen-bond donors (Lipinski definition) is 1. The molecular formula is C20H50O7Si6. The molecule has 33 heavy (non-hydrogen) atoms. The molecule has 0 aromatic heterocycles. The lowest BCUT2D eigenvalue weighted by molar-refractivity contribution is -0.132. The first-order valence-corrected chi connectivity index (χ1v) is 29.4. The van der Waals surface area contributed by atoms with E-state index < -0.39 is 57.3 Å². The summed E-state index contributed by atoms with van der Waals surface area (Å²) in [6, 6.07) is 0.816. The van der Waals surface area contributed by atoms with Crippen molar-refractivity contribution in [3.8, 4) is 0 Å². The predicted molar refractivity (Wildman–Crippen MR) is 152 cm³/mol. The molecule has 7 nitrogen and oxygen atoms in total. The van der Waals surface area contributed by atoms with Crippen LogP contribution in [-0.4, -0.2) is 62.4 Å². The van der Waals surface area contributed by atoms with Crippen LogP contribution in [0.4, 0.5) is 0 Å². The van der Waals surface area contributed by atoms with Crippen LogP contribution >= 0.6 is 0 Å². The fraction of sp³-hybridized carbons (Fsp3) is 0.850. The van der Waals surface area contributed by atoms with Gasteiger partial charge in [-0.05, 0) is 98.0 Å². The van der Waals surface area contributed by atoms with Crippen molar-refractivity contribution in [2.45, 2.75) is 111 Å². The molecule has 13 heteroatoms. The van der Waals surface area contributed by atoms with Gasteiger partial charge >= 0.3 is 24.1 Å². The number of hydrogen-bond acceptors (Lipinski definition) is 6. The van der Waals surface area contributed by atoms with E-state index in [-0.39, 0.29) is 5.57 Å². The first-order chi connectivity index (χ1) is 14.4. The van der Waals surface area contributed by atoms with Crippen LogP contribution in [0.15, 0.2) is 11.3 Å². The maximum absolute atomic E-state index is 11.9. The minimum absolute atomic E-state index is 0.211. The monoisotopic (exact) mass is 570 g/mol. The summed E-state index contributed by atoms with van der Waals surface area (Å²) in [7, 11) is -12.4. The molecule has 0 saturated carbocycles. The molecule has 0 aliphatic carbocycles. The highest BCUT2D eigenvalue weighted by atomic mass is 28.5. The molecule has 1 N–H and O–H groups in total. The van der Waals surface area contributed by atoms with Gasteiger partial charge in [-0.3, -0.25) is 0 Å². The maximum atomic E-state index is 11.9. The summed E-state index contributed by atoms with van der Waals surface area (Å²) in [6.07, 6.45) is 1.24. The van der Waals surface area contributed by atoms with Gasteiger partial charge in [0.15, 0.2) is 33.3 Å². The van der Waals surface area contributed by atoms with Crippen LogP contribution in [0.1, 0.15) is 19.8 Å². The number of allylic oxidation sites excluding steroid dienone is 1. The smallest absolute Gasteiger partial charge is 0.505 e. The molecule has 0 rings (SSSR count). The molecule has 0 aromatic carbocycles. The normalized spacial score (nSPS) is 15.0. The van der Waals surface area contributed by atoms with Crippen LogP contribution in [0.3, 0.4) is 0 Å². The van der Waals surface area contributed by atoms with Gasteiger partial charge in [-0.1, -0.05) is 0 Å². The highest BCUT2D eigenvalue weighted by molar-refractivity contribution is 6.85. The van der Waals surface area contributed by atoms with Crippen molar-refractivity contribution in [3.05, 3.63) is 11.3 Å². The van der Waals surface area contributed by atoms with Crippen LogP contribution < -0.4 is 0 Å². The van der Waals surface area contributed by atoms with E-state index in [4.69, 9.17) is 20.9 Å². The lowest BCUT2D eigenvalue weighted by Crippen LogP contribution is -2.54. The molecule has 0 aliphatic heterocycles. The number of rotatable bonds is 15. The Bertz CT molecular complexity index is 640. The maximum Gasteiger partial charge on any atom is 0.541 e. The highest BCUT2D eigenvalue weighted by Gasteiger charge is 2.46. The summed E-state index contributed by atoms with van der Waals surface area (Å²) < 4.78 is 32.1. The van der Waals surface area contributed by atoms with Crippen molar-refractivity contribution in [1.82, 2.24) is 0 Å². The molecule has 0 fully saturated rings. The zero-order chi connectivity index (χ0) is 26.5. The Balaban J connectivity index is 5.73. The van der Waals surface area contributed by atoms with Gasteiger partial charge < -0.3 is 26.0 Å². The largest absolute Gasteiger partial charge is 0.541 e. The summed E-state index contributed by atoms with van der Waals surface area (Å²) in [5.74, 6) is -0.519. The number of carboxylic acid groups (broad SMARTS) is 1. The SMILES string of the molecule is CC(C(=O)O)=C(CCC[SiH](O[Si](C)(C)C)O[Si](C)(C)C)O[Si](C)(O[Si](C)(C)C)O[Si](C)(C)C. The van der Waals surface area contributed by atoms with Crippen molar-refractivity contribution in [2.75, 3.05) is 0 Å². The van der Waals surface area contributed by atoms with Crippen molar-refractivity contribution >= 4 is 57.3 Å². The average molecular weight is 571 g/mol. The predicted octanol–water partition coefficient (Wildman–Crippen LogP) is 6.34. The van der Waals surface area contributed by atoms with E-state index in [0.717, 1.165) is 12.5 Å². The topological polar surface area (TPSA) is 83.5 Å². The molecule has 0 heterocycles. The van der Waals surface area contributed by atoms with E-state index in [2.05, 4.69) is 78.6 Å². The molecule has 0 unspecified atom stereocenters. The van der Waals surface area contributed by atoms with Crippen LogP contribution in [-0.2, 0) is 25.7 Å². The molecule has 0 aromatic rings. The summed E-state index contributed by atoms with van der Waals surface area (Å²) in [6.45, 7) is 29.2. The van der Waals surface area contributed by atoms with Crippen molar-refractivity contribution < 1.29 is 30.8 Å². The molecule has 0 amide bonds. The summed E-state index contributed by atoms with van der Waals surface area (Å²) >= 11 is 0. The molecule has 0 radical (unpaired) electrons. The van der Waals surface area contributed by atoms with Crippen LogP contribution in [0.5, 0.6) is 0 Å². The Morgan fingerprint density at radius 1 is 0.727 bits per heavy atom. The standard InChI is InChI=1S/C20H50O7Si6/c1-18(20(21)22)19(23-33(14,26-31(8,9)10)27-32(11,12)13)16-15-17-28(24-29(2,3)4)25-30(5,6)7/h28H,15-17H2,1-14H3,(H,21,22). The third kappa shape index (κ3) is 17.3. The third-order valence-electron chi connectivity index (χ3n) is 3.84. The van der Waals surface area contributed by atoms with Gasteiger partial charge in [0.1, 0.15) is 0 Å². The summed E-state index contributed by atoms with van der Waals surface area (Å²) in [5.41, 5.74) is 0.211. The van der Waals surface area contributed by atoms with E-state index in [1.807, 2.05) is 6.55 Å². The Morgan fingerprint density at radius 2 is 1.12 bits per heavy atom. The second-order valence-corrected chi connectivity index (χ2v) is 36.3. The number of aliphatic carboxylic acids is 1. The lowest BCUT2D eigenvalue weighted by atomic mass is 10.2. The Kier molecular flexibility index (Phi) is 12.5. The molecule has 196 valence electrons. The molecule has 0 spiro atoms. The Hall–Kier alpha value is 0.151. The van der Waals surface area contributed by atoms with E-state index in [0.29, 0.717) is 12.2 Å². The van der Waals surface area contributed by atoms with Gasteiger partial charge in [-0.2, -0.15) is 0 Å². The molecule has 0 atom stereocenters. The Morgan fingerprint density at radius 3 is 1.42 bits per heavy atom. The van der Waals surface area contributed by atoms with Gasteiger partial charge in [0.2, 0.25) is 0 Å². The van der Waals surface area contributed by atoms with Gasteiger partial charge in [0, 0.05) is 13.0 Å². The van der Waals surface area contributed by atoms with Gasteiger partial charge in [0.05, 0.1) is 11.3 Å². The van der Waals surface area contributed by atoms with E-state index in [1.165, 1.54) is 0 Å². The highest BCUT2D eigenvalue weighted by Crippen LogP contribution is 2.28. The van der Waals surface area contributed by atoms with Gasteiger partial charge in [0.25, 0.3) is 0 Å². The first kappa shape index (κ1) is 33.2.